The standard InChI is InChI=1S/C29H57N2/c1-4-6-8-10-11-12-13-14-15-16-17-18-19-20-21-23-25-29-30(3)27-28-31(29)26-24-22-9-7-5-2/h27-28H,4-26H2,1-3H3/q+1. The molecular formula is C29H57N2+. The first-order valence-electron chi connectivity index (χ1n) is 14.3. The van der Waals surface area contributed by atoms with Gasteiger partial charge in [-0.05, 0) is 19.3 Å². The molecule has 0 fully saturated rings. The molecule has 0 aliphatic heterocycles. The van der Waals surface area contributed by atoms with Crippen LogP contribution in [-0.4, -0.2) is 4.57 Å². The van der Waals surface area contributed by atoms with Crippen molar-refractivity contribution in [3.05, 3.63) is 18.2 Å². The minimum absolute atomic E-state index is 1.21. The van der Waals surface area contributed by atoms with E-state index in [-0.39, 0.29) is 0 Å². The summed E-state index contributed by atoms with van der Waals surface area (Å²) in [6.45, 7) is 5.80. The first-order chi connectivity index (χ1) is 15.3. The molecular weight excluding hydrogens is 376 g/mol. The Morgan fingerprint density at radius 2 is 0.935 bits per heavy atom. The molecule has 0 unspecified atom stereocenters. The van der Waals surface area contributed by atoms with Gasteiger partial charge >= 0.3 is 0 Å². The van der Waals surface area contributed by atoms with E-state index in [9.17, 15) is 0 Å². The summed E-state index contributed by atoms with van der Waals surface area (Å²) in [6, 6.07) is 0. The highest BCUT2D eigenvalue weighted by Gasteiger charge is 2.13. The predicted molar refractivity (Wildman–Crippen MR) is 138 cm³/mol. The van der Waals surface area contributed by atoms with E-state index < -0.39 is 0 Å². The zero-order valence-corrected chi connectivity index (χ0v) is 21.8. The van der Waals surface area contributed by atoms with Gasteiger partial charge in [0.2, 0.25) is 0 Å². The van der Waals surface area contributed by atoms with Crippen molar-refractivity contribution in [2.45, 2.75) is 162 Å². The SMILES string of the molecule is CCCCCCCCCCCCCCCCCCc1n(CCCCCCC)cc[n+]1C. The van der Waals surface area contributed by atoms with Crippen molar-refractivity contribution in [1.82, 2.24) is 4.57 Å². The van der Waals surface area contributed by atoms with Crippen LogP contribution in [0.15, 0.2) is 12.4 Å². The van der Waals surface area contributed by atoms with E-state index in [2.05, 4.69) is 42.4 Å². The molecule has 0 aliphatic rings. The Hall–Kier alpha value is -0.790. The number of aryl methyl sites for hydroxylation is 2. The number of hydrogen-bond donors (Lipinski definition) is 0. The molecule has 1 aromatic rings. The fourth-order valence-electron chi connectivity index (χ4n) is 4.80. The van der Waals surface area contributed by atoms with Crippen LogP contribution in [0.5, 0.6) is 0 Å². The lowest BCUT2D eigenvalue weighted by Crippen LogP contribution is -2.32. The van der Waals surface area contributed by atoms with Crippen molar-refractivity contribution in [2.75, 3.05) is 0 Å². The topological polar surface area (TPSA) is 8.81 Å². The summed E-state index contributed by atoms with van der Waals surface area (Å²) in [5.74, 6) is 1.53. The number of aromatic nitrogens is 2. The van der Waals surface area contributed by atoms with Gasteiger partial charge in [0.25, 0.3) is 5.82 Å². The molecule has 0 spiro atoms. The molecule has 1 heterocycles. The molecule has 2 nitrogen and oxygen atoms in total. The quantitative estimate of drug-likeness (QED) is 0.120. The van der Waals surface area contributed by atoms with Crippen LogP contribution in [0.4, 0.5) is 0 Å². The predicted octanol–water partition coefficient (Wildman–Crippen LogP) is 9.09. The maximum absolute atomic E-state index is 2.51. The minimum atomic E-state index is 1.21. The summed E-state index contributed by atoms with van der Waals surface area (Å²) in [5, 5.41) is 0. The molecule has 2 heteroatoms. The van der Waals surface area contributed by atoms with Gasteiger partial charge in [-0.3, -0.25) is 0 Å². The van der Waals surface area contributed by atoms with Crippen LogP contribution in [-0.2, 0) is 20.0 Å². The maximum Gasteiger partial charge on any atom is 0.256 e. The zero-order valence-electron chi connectivity index (χ0n) is 21.8. The summed E-state index contributed by atoms with van der Waals surface area (Å²) in [7, 11) is 2.22. The Labute approximate surface area is 196 Å². The van der Waals surface area contributed by atoms with E-state index in [0.29, 0.717) is 0 Å². The Bertz CT molecular complexity index is 491. The van der Waals surface area contributed by atoms with Gasteiger partial charge in [0.05, 0.1) is 13.6 Å². The summed E-state index contributed by atoms with van der Waals surface area (Å²) in [6.07, 6.45) is 35.8. The van der Waals surface area contributed by atoms with Gasteiger partial charge in [-0.25, -0.2) is 9.13 Å². The average Bonchev–Trinajstić information content (AvgIpc) is 3.12. The fourth-order valence-corrected chi connectivity index (χ4v) is 4.80. The van der Waals surface area contributed by atoms with Gasteiger partial charge in [-0.1, -0.05) is 129 Å². The molecule has 0 aromatic carbocycles. The molecule has 0 bridgehead atoms. The Balaban J connectivity index is 1.91. The third-order valence-electron chi connectivity index (χ3n) is 6.97. The molecule has 0 radical (unpaired) electrons. The molecule has 0 aliphatic carbocycles. The fraction of sp³-hybridized carbons (Fsp3) is 0.897. The number of rotatable bonds is 23. The van der Waals surface area contributed by atoms with E-state index in [1.807, 2.05) is 0 Å². The molecule has 0 saturated carbocycles. The highest BCUT2D eigenvalue weighted by atomic mass is 15.1. The third kappa shape index (κ3) is 15.6. The monoisotopic (exact) mass is 433 g/mol. The van der Waals surface area contributed by atoms with Crippen molar-refractivity contribution in [2.24, 2.45) is 7.05 Å². The summed E-state index contributed by atoms with van der Waals surface area (Å²) >= 11 is 0. The minimum Gasteiger partial charge on any atom is -0.237 e. The van der Waals surface area contributed by atoms with E-state index in [0.717, 1.165) is 0 Å². The Kier molecular flexibility index (Phi) is 19.2. The van der Waals surface area contributed by atoms with Gasteiger partial charge in [-0.2, -0.15) is 0 Å². The van der Waals surface area contributed by atoms with Crippen LogP contribution >= 0.6 is 0 Å². The van der Waals surface area contributed by atoms with E-state index >= 15 is 0 Å². The van der Waals surface area contributed by atoms with Crippen molar-refractivity contribution in [3.63, 3.8) is 0 Å². The molecule has 1 rings (SSSR count). The maximum atomic E-state index is 2.51. The number of unbranched alkanes of at least 4 members (excludes halogenated alkanes) is 19. The van der Waals surface area contributed by atoms with Crippen LogP contribution in [0.25, 0.3) is 0 Å². The Morgan fingerprint density at radius 3 is 1.39 bits per heavy atom. The van der Waals surface area contributed by atoms with Gasteiger partial charge in [0, 0.05) is 6.42 Å². The van der Waals surface area contributed by atoms with E-state index in [4.69, 9.17) is 0 Å². The van der Waals surface area contributed by atoms with E-state index in [1.54, 1.807) is 0 Å². The van der Waals surface area contributed by atoms with Crippen molar-refractivity contribution >= 4 is 0 Å². The summed E-state index contributed by atoms with van der Waals surface area (Å²) < 4.78 is 4.86. The Morgan fingerprint density at radius 1 is 0.548 bits per heavy atom. The van der Waals surface area contributed by atoms with Crippen LogP contribution in [0.3, 0.4) is 0 Å². The average molecular weight is 434 g/mol. The first-order valence-corrected chi connectivity index (χ1v) is 14.3. The van der Waals surface area contributed by atoms with E-state index in [1.165, 1.54) is 154 Å². The lowest BCUT2D eigenvalue weighted by atomic mass is 10.0. The summed E-state index contributed by atoms with van der Waals surface area (Å²) in [5.41, 5.74) is 0. The van der Waals surface area contributed by atoms with Crippen LogP contribution in [0, 0.1) is 0 Å². The smallest absolute Gasteiger partial charge is 0.237 e. The molecule has 0 N–H and O–H groups in total. The highest BCUT2D eigenvalue weighted by molar-refractivity contribution is 4.84. The highest BCUT2D eigenvalue weighted by Crippen LogP contribution is 2.14. The van der Waals surface area contributed by atoms with Gasteiger partial charge in [-0.15, -0.1) is 0 Å². The molecule has 0 atom stereocenters. The lowest BCUT2D eigenvalue weighted by molar-refractivity contribution is -0.678. The number of nitrogens with zero attached hydrogens (tertiary/aromatic N) is 2. The molecule has 0 amide bonds. The van der Waals surface area contributed by atoms with Crippen molar-refractivity contribution < 1.29 is 4.57 Å². The van der Waals surface area contributed by atoms with Crippen LogP contribution in [0.2, 0.25) is 0 Å². The van der Waals surface area contributed by atoms with Crippen LogP contribution < -0.4 is 4.57 Å². The summed E-state index contributed by atoms with van der Waals surface area (Å²) in [4.78, 5) is 0. The second-order valence-electron chi connectivity index (χ2n) is 9.99. The molecule has 31 heavy (non-hydrogen) atoms. The number of hydrogen-bond acceptors (Lipinski definition) is 0. The molecule has 182 valence electrons. The molecule has 0 saturated heterocycles. The van der Waals surface area contributed by atoms with Crippen molar-refractivity contribution in [1.29, 1.82) is 0 Å². The van der Waals surface area contributed by atoms with Gasteiger partial charge in [0.1, 0.15) is 12.4 Å². The second kappa shape index (κ2) is 21.1. The number of imidazole rings is 1. The van der Waals surface area contributed by atoms with Gasteiger partial charge < -0.3 is 0 Å². The zero-order chi connectivity index (χ0) is 22.4. The molecule has 1 aromatic heterocycles. The third-order valence-corrected chi connectivity index (χ3v) is 6.97. The lowest BCUT2D eigenvalue weighted by Gasteiger charge is -2.05. The second-order valence-corrected chi connectivity index (χ2v) is 9.99. The van der Waals surface area contributed by atoms with Crippen molar-refractivity contribution in [3.8, 4) is 0 Å². The largest absolute Gasteiger partial charge is 0.256 e. The van der Waals surface area contributed by atoms with Gasteiger partial charge in [0.15, 0.2) is 0 Å². The first kappa shape index (κ1) is 28.2. The van der Waals surface area contributed by atoms with Crippen LogP contribution in [0.1, 0.15) is 155 Å². The normalized spacial score (nSPS) is 11.5.